The van der Waals surface area contributed by atoms with Crippen LogP contribution in [0.1, 0.15) is 35.1 Å². The third kappa shape index (κ3) is 3.64. The fourth-order valence-corrected chi connectivity index (χ4v) is 1.89. The maximum absolute atomic E-state index is 12.0. The number of aromatic amines is 1. The lowest BCUT2D eigenvalue weighted by Crippen LogP contribution is -2.26. The average molecular weight is 258 g/mol. The Morgan fingerprint density at radius 2 is 2.26 bits per heavy atom. The molecule has 0 aliphatic rings. The topological polar surface area (TPSA) is 70.7 Å². The van der Waals surface area contributed by atoms with Crippen molar-refractivity contribution in [1.29, 1.82) is 0 Å². The largest absolute Gasteiger partial charge is 0.352 e. The van der Waals surface area contributed by atoms with Crippen molar-refractivity contribution in [2.24, 2.45) is 0 Å². The van der Waals surface area contributed by atoms with Gasteiger partial charge in [-0.15, -0.1) is 0 Å². The van der Waals surface area contributed by atoms with Crippen molar-refractivity contribution in [3.8, 4) is 0 Å². The summed E-state index contributed by atoms with van der Waals surface area (Å²) < 4.78 is 0. The predicted octanol–water partition coefficient (Wildman–Crippen LogP) is 1.73. The van der Waals surface area contributed by atoms with Gasteiger partial charge in [0.05, 0.1) is 11.8 Å². The van der Waals surface area contributed by atoms with Gasteiger partial charge in [-0.1, -0.05) is 19.4 Å². The van der Waals surface area contributed by atoms with Gasteiger partial charge in [-0.3, -0.25) is 14.9 Å². The second-order valence-electron chi connectivity index (χ2n) is 4.34. The molecule has 2 aromatic rings. The molecule has 100 valence electrons. The minimum Gasteiger partial charge on any atom is -0.352 e. The molecule has 2 aromatic heterocycles. The zero-order chi connectivity index (χ0) is 13.5. The molecule has 0 spiro atoms. The maximum Gasteiger partial charge on any atom is 0.254 e. The van der Waals surface area contributed by atoms with Crippen LogP contribution in [0.15, 0.2) is 30.6 Å². The SMILES string of the molecule is CCCc1[nH]ncc1C(=O)NCCc1ccccn1. The van der Waals surface area contributed by atoms with Crippen LogP contribution in [-0.4, -0.2) is 27.6 Å². The molecule has 5 heteroatoms. The van der Waals surface area contributed by atoms with E-state index >= 15 is 0 Å². The zero-order valence-electron chi connectivity index (χ0n) is 11.0. The van der Waals surface area contributed by atoms with Crippen LogP contribution < -0.4 is 5.32 Å². The molecule has 2 heterocycles. The molecule has 0 saturated carbocycles. The van der Waals surface area contributed by atoms with Gasteiger partial charge in [0.25, 0.3) is 5.91 Å². The summed E-state index contributed by atoms with van der Waals surface area (Å²) in [5.74, 6) is -0.0758. The second-order valence-corrected chi connectivity index (χ2v) is 4.34. The van der Waals surface area contributed by atoms with E-state index in [1.165, 1.54) is 0 Å². The van der Waals surface area contributed by atoms with E-state index in [0.29, 0.717) is 12.1 Å². The standard InChI is InChI=1S/C14H18N4O/c1-2-5-13-12(10-17-18-13)14(19)16-9-7-11-6-3-4-8-15-11/h3-4,6,8,10H,2,5,7,9H2,1H3,(H,16,19)(H,17,18). The van der Waals surface area contributed by atoms with E-state index in [2.05, 4.69) is 27.4 Å². The summed E-state index contributed by atoms with van der Waals surface area (Å²) in [5, 5.41) is 9.70. The minimum absolute atomic E-state index is 0.0758. The van der Waals surface area contributed by atoms with Gasteiger partial charge in [-0.2, -0.15) is 5.10 Å². The molecule has 2 N–H and O–H groups in total. The molecule has 0 bridgehead atoms. The quantitative estimate of drug-likeness (QED) is 0.829. The molecule has 0 aliphatic carbocycles. The Morgan fingerprint density at radius 1 is 1.37 bits per heavy atom. The van der Waals surface area contributed by atoms with E-state index in [4.69, 9.17) is 0 Å². The van der Waals surface area contributed by atoms with Crippen LogP contribution in [0.25, 0.3) is 0 Å². The number of carbonyl (C=O) groups is 1. The lowest BCUT2D eigenvalue weighted by molar-refractivity contribution is 0.0953. The molecule has 0 radical (unpaired) electrons. The first-order chi connectivity index (χ1) is 9.31. The highest BCUT2D eigenvalue weighted by Crippen LogP contribution is 2.07. The van der Waals surface area contributed by atoms with Crippen molar-refractivity contribution in [3.05, 3.63) is 47.5 Å². The fourth-order valence-electron chi connectivity index (χ4n) is 1.89. The Bertz CT molecular complexity index is 521. The lowest BCUT2D eigenvalue weighted by Gasteiger charge is -2.05. The molecular formula is C14H18N4O. The summed E-state index contributed by atoms with van der Waals surface area (Å²) in [5.41, 5.74) is 2.52. The number of H-pyrrole nitrogens is 1. The highest BCUT2D eigenvalue weighted by atomic mass is 16.1. The van der Waals surface area contributed by atoms with E-state index < -0.39 is 0 Å². The second kappa shape index (κ2) is 6.68. The summed E-state index contributed by atoms with van der Waals surface area (Å²) in [4.78, 5) is 16.2. The van der Waals surface area contributed by atoms with E-state index in [1.54, 1.807) is 12.4 Å². The van der Waals surface area contributed by atoms with Gasteiger partial charge < -0.3 is 5.32 Å². The molecule has 19 heavy (non-hydrogen) atoms. The number of carbonyl (C=O) groups excluding carboxylic acids is 1. The molecule has 0 aromatic carbocycles. The van der Waals surface area contributed by atoms with Crippen molar-refractivity contribution in [3.63, 3.8) is 0 Å². The van der Waals surface area contributed by atoms with Crippen LogP contribution in [0.3, 0.4) is 0 Å². The molecule has 0 saturated heterocycles. The minimum atomic E-state index is -0.0758. The van der Waals surface area contributed by atoms with Gasteiger partial charge in [0.2, 0.25) is 0 Å². The maximum atomic E-state index is 12.0. The van der Waals surface area contributed by atoms with Gasteiger partial charge in [0.1, 0.15) is 0 Å². The summed E-state index contributed by atoms with van der Waals surface area (Å²) >= 11 is 0. The Balaban J connectivity index is 1.86. The zero-order valence-corrected chi connectivity index (χ0v) is 11.0. The van der Waals surface area contributed by atoms with Crippen LogP contribution in [-0.2, 0) is 12.8 Å². The first kappa shape index (κ1) is 13.3. The first-order valence-electron chi connectivity index (χ1n) is 6.51. The number of hydrogen-bond donors (Lipinski definition) is 2. The highest BCUT2D eigenvalue weighted by molar-refractivity contribution is 5.95. The summed E-state index contributed by atoms with van der Waals surface area (Å²) in [6.07, 6.45) is 5.89. The van der Waals surface area contributed by atoms with E-state index in [0.717, 1.165) is 30.7 Å². The van der Waals surface area contributed by atoms with Crippen LogP contribution in [0, 0.1) is 0 Å². The van der Waals surface area contributed by atoms with Crippen molar-refractivity contribution in [2.45, 2.75) is 26.2 Å². The Hall–Kier alpha value is -2.17. The lowest BCUT2D eigenvalue weighted by atomic mass is 10.1. The molecule has 5 nitrogen and oxygen atoms in total. The molecule has 0 atom stereocenters. The molecule has 0 unspecified atom stereocenters. The van der Waals surface area contributed by atoms with Gasteiger partial charge in [-0.05, 0) is 18.6 Å². The number of rotatable bonds is 6. The number of amides is 1. The fraction of sp³-hybridized carbons (Fsp3) is 0.357. The summed E-state index contributed by atoms with van der Waals surface area (Å²) in [7, 11) is 0. The van der Waals surface area contributed by atoms with Crippen molar-refractivity contribution in [1.82, 2.24) is 20.5 Å². The van der Waals surface area contributed by atoms with Crippen molar-refractivity contribution < 1.29 is 4.79 Å². The molecule has 2 rings (SSSR count). The Labute approximate surface area is 112 Å². The number of aromatic nitrogens is 3. The van der Waals surface area contributed by atoms with E-state index in [1.807, 2.05) is 18.2 Å². The van der Waals surface area contributed by atoms with E-state index in [9.17, 15) is 4.79 Å². The Kier molecular flexibility index (Phi) is 4.66. The number of nitrogens with one attached hydrogen (secondary N) is 2. The number of pyridine rings is 1. The molecule has 1 amide bonds. The van der Waals surface area contributed by atoms with Crippen LogP contribution in [0.4, 0.5) is 0 Å². The monoisotopic (exact) mass is 258 g/mol. The Morgan fingerprint density at radius 3 is 3.00 bits per heavy atom. The van der Waals surface area contributed by atoms with Gasteiger partial charge in [-0.25, -0.2) is 0 Å². The summed E-state index contributed by atoms with van der Waals surface area (Å²) in [6.45, 7) is 2.65. The molecular weight excluding hydrogens is 240 g/mol. The van der Waals surface area contributed by atoms with Crippen molar-refractivity contribution >= 4 is 5.91 Å². The van der Waals surface area contributed by atoms with E-state index in [-0.39, 0.29) is 5.91 Å². The van der Waals surface area contributed by atoms with Crippen LogP contribution in [0.5, 0.6) is 0 Å². The third-order valence-corrected chi connectivity index (χ3v) is 2.86. The van der Waals surface area contributed by atoms with Crippen molar-refractivity contribution in [2.75, 3.05) is 6.54 Å². The number of hydrogen-bond acceptors (Lipinski definition) is 3. The number of aryl methyl sites for hydroxylation is 1. The van der Waals surface area contributed by atoms with Crippen LogP contribution >= 0.6 is 0 Å². The molecule has 0 aliphatic heterocycles. The molecule has 0 fully saturated rings. The van der Waals surface area contributed by atoms with Gasteiger partial charge in [0.15, 0.2) is 0 Å². The predicted molar refractivity (Wildman–Crippen MR) is 72.9 cm³/mol. The average Bonchev–Trinajstić information content (AvgIpc) is 2.89. The van der Waals surface area contributed by atoms with Gasteiger partial charge >= 0.3 is 0 Å². The number of nitrogens with zero attached hydrogens (tertiary/aromatic N) is 2. The van der Waals surface area contributed by atoms with Crippen LogP contribution in [0.2, 0.25) is 0 Å². The third-order valence-electron chi connectivity index (χ3n) is 2.86. The van der Waals surface area contributed by atoms with Gasteiger partial charge in [0, 0.05) is 30.6 Å². The smallest absolute Gasteiger partial charge is 0.254 e. The highest BCUT2D eigenvalue weighted by Gasteiger charge is 2.12. The normalized spacial score (nSPS) is 10.4. The summed E-state index contributed by atoms with van der Waals surface area (Å²) in [6, 6.07) is 5.77. The first-order valence-corrected chi connectivity index (χ1v) is 6.51.